The first-order valence-electron chi connectivity index (χ1n) is 8.86. The summed E-state index contributed by atoms with van der Waals surface area (Å²) in [7, 11) is 0. The number of anilines is 1. The van der Waals surface area contributed by atoms with E-state index in [2.05, 4.69) is 10.3 Å². The molecule has 0 bridgehead atoms. The van der Waals surface area contributed by atoms with Crippen molar-refractivity contribution < 1.29 is 19.2 Å². The third-order valence-electron chi connectivity index (χ3n) is 3.97. The number of carbonyl (C=O) groups excluding carboxylic acids is 1. The molecule has 148 valence electrons. The molecular formula is C21H19N3O5. The summed E-state index contributed by atoms with van der Waals surface area (Å²) in [6, 6.07) is 19.6. The average molecular weight is 393 g/mol. The largest absolute Gasteiger partial charge is 0.489 e. The van der Waals surface area contributed by atoms with E-state index in [4.69, 9.17) is 9.47 Å². The zero-order valence-corrected chi connectivity index (χ0v) is 15.6. The highest BCUT2D eigenvalue weighted by Gasteiger charge is 2.21. The molecule has 0 aliphatic carbocycles. The lowest BCUT2D eigenvalue weighted by Crippen LogP contribution is -2.30. The highest BCUT2D eigenvalue weighted by molar-refractivity contribution is 5.94. The second-order valence-electron chi connectivity index (χ2n) is 6.13. The van der Waals surface area contributed by atoms with Crippen molar-refractivity contribution in [2.75, 3.05) is 5.32 Å². The summed E-state index contributed by atoms with van der Waals surface area (Å²) in [6.45, 7) is 1.95. The van der Waals surface area contributed by atoms with Gasteiger partial charge in [0.25, 0.3) is 5.91 Å². The van der Waals surface area contributed by atoms with Gasteiger partial charge >= 0.3 is 5.82 Å². The maximum Gasteiger partial charge on any atom is 0.406 e. The van der Waals surface area contributed by atoms with Crippen molar-refractivity contribution in [3.8, 4) is 11.5 Å². The van der Waals surface area contributed by atoms with Crippen molar-refractivity contribution in [2.24, 2.45) is 0 Å². The zero-order chi connectivity index (χ0) is 20.6. The summed E-state index contributed by atoms with van der Waals surface area (Å²) in [4.78, 5) is 26.3. The zero-order valence-electron chi connectivity index (χ0n) is 15.6. The summed E-state index contributed by atoms with van der Waals surface area (Å²) < 4.78 is 11.1. The van der Waals surface area contributed by atoms with Crippen LogP contribution in [0, 0.1) is 10.1 Å². The molecule has 0 aliphatic rings. The van der Waals surface area contributed by atoms with E-state index in [-0.39, 0.29) is 5.75 Å². The van der Waals surface area contributed by atoms with Crippen molar-refractivity contribution in [1.29, 1.82) is 0 Å². The molecule has 1 amide bonds. The maximum absolute atomic E-state index is 12.3. The molecule has 2 aromatic carbocycles. The van der Waals surface area contributed by atoms with Crippen LogP contribution in [0.25, 0.3) is 0 Å². The molecule has 1 heterocycles. The fraction of sp³-hybridized carbons (Fsp3) is 0.143. The van der Waals surface area contributed by atoms with Crippen LogP contribution in [-0.2, 0) is 11.4 Å². The van der Waals surface area contributed by atoms with Crippen LogP contribution in [0.2, 0.25) is 0 Å². The smallest absolute Gasteiger partial charge is 0.406 e. The van der Waals surface area contributed by atoms with Crippen LogP contribution in [0.3, 0.4) is 0 Å². The first kappa shape index (κ1) is 19.8. The summed E-state index contributed by atoms with van der Waals surface area (Å²) in [6.07, 6.45) is 0.337. The molecule has 0 radical (unpaired) electrons. The normalized spacial score (nSPS) is 11.3. The lowest BCUT2D eigenvalue weighted by atomic mass is 10.2. The molecule has 1 atom stereocenters. The number of nitrogens with zero attached hydrogens (tertiary/aromatic N) is 2. The van der Waals surface area contributed by atoms with Crippen LogP contribution in [0.5, 0.6) is 11.5 Å². The van der Waals surface area contributed by atoms with Crippen LogP contribution >= 0.6 is 0 Å². The van der Waals surface area contributed by atoms with Gasteiger partial charge in [-0.2, -0.15) is 0 Å². The molecule has 0 saturated heterocycles. The fourth-order valence-electron chi connectivity index (χ4n) is 2.47. The Labute approximate surface area is 167 Å². The van der Waals surface area contributed by atoms with Crippen molar-refractivity contribution in [2.45, 2.75) is 19.6 Å². The second kappa shape index (κ2) is 9.32. The minimum absolute atomic E-state index is 0.0650. The van der Waals surface area contributed by atoms with Gasteiger partial charge in [0.15, 0.2) is 6.10 Å². The number of ether oxygens (including phenoxy) is 2. The van der Waals surface area contributed by atoms with Gasteiger partial charge < -0.3 is 24.9 Å². The molecule has 1 N–H and O–H groups in total. The highest BCUT2D eigenvalue weighted by atomic mass is 16.6. The molecule has 1 aromatic heterocycles. The topological polar surface area (TPSA) is 104 Å². The second-order valence-corrected chi connectivity index (χ2v) is 6.13. The number of aromatic nitrogens is 1. The van der Waals surface area contributed by atoms with Crippen LogP contribution in [0.4, 0.5) is 11.5 Å². The Kier molecular flexibility index (Phi) is 6.36. The van der Waals surface area contributed by atoms with E-state index in [9.17, 15) is 14.9 Å². The van der Waals surface area contributed by atoms with E-state index < -0.39 is 22.8 Å². The minimum Gasteiger partial charge on any atom is -0.489 e. The molecule has 3 rings (SSSR count). The Morgan fingerprint density at radius 2 is 1.83 bits per heavy atom. The van der Waals surface area contributed by atoms with E-state index in [1.807, 2.05) is 30.3 Å². The van der Waals surface area contributed by atoms with Crippen molar-refractivity contribution >= 4 is 17.4 Å². The van der Waals surface area contributed by atoms with Gasteiger partial charge in [0.1, 0.15) is 18.6 Å². The number of pyridine rings is 1. The first-order valence-corrected chi connectivity index (χ1v) is 8.86. The van der Waals surface area contributed by atoms with Gasteiger partial charge in [-0.05, 0) is 58.8 Å². The monoisotopic (exact) mass is 393 g/mol. The molecule has 0 spiro atoms. The van der Waals surface area contributed by atoms with Gasteiger partial charge in [-0.15, -0.1) is 0 Å². The standard InChI is InChI=1S/C21H19N3O5/c1-15(29-19-8-5-13-22-20(19)24(26)27)21(25)23-17-9-11-18(12-10-17)28-14-16-6-3-2-4-7-16/h2-13,15H,14H2,1H3,(H,23,25). The fourth-order valence-corrected chi connectivity index (χ4v) is 2.47. The van der Waals surface area contributed by atoms with Gasteiger partial charge in [-0.3, -0.25) is 4.79 Å². The summed E-state index contributed by atoms with van der Waals surface area (Å²) in [5.74, 6) is -0.278. The Balaban J connectivity index is 1.55. The van der Waals surface area contributed by atoms with E-state index in [0.717, 1.165) is 5.56 Å². The quantitative estimate of drug-likeness (QED) is 0.459. The molecule has 0 aliphatic heterocycles. The van der Waals surface area contributed by atoms with Crippen molar-refractivity contribution in [1.82, 2.24) is 4.98 Å². The highest BCUT2D eigenvalue weighted by Crippen LogP contribution is 2.24. The Bertz CT molecular complexity index is 977. The SMILES string of the molecule is CC(Oc1cccnc1[N+](=O)[O-])C(=O)Nc1ccc(OCc2ccccc2)cc1. The lowest BCUT2D eigenvalue weighted by Gasteiger charge is -2.14. The lowest BCUT2D eigenvalue weighted by molar-refractivity contribution is -0.390. The number of nitrogens with one attached hydrogen (secondary N) is 1. The Morgan fingerprint density at radius 3 is 2.52 bits per heavy atom. The number of hydrogen-bond acceptors (Lipinski definition) is 6. The van der Waals surface area contributed by atoms with E-state index in [1.54, 1.807) is 24.3 Å². The molecule has 8 heteroatoms. The van der Waals surface area contributed by atoms with Crippen molar-refractivity contribution in [3.63, 3.8) is 0 Å². The summed E-state index contributed by atoms with van der Waals surface area (Å²) in [5, 5.41) is 13.7. The molecule has 3 aromatic rings. The Morgan fingerprint density at radius 1 is 1.10 bits per heavy atom. The van der Waals surface area contributed by atoms with Crippen LogP contribution < -0.4 is 14.8 Å². The van der Waals surface area contributed by atoms with Crippen LogP contribution in [0.15, 0.2) is 72.9 Å². The number of hydrogen-bond donors (Lipinski definition) is 1. The molecule has 29 heavy (non-hydrogen) atoms. The number of nitro groups is 1. The third-order valence-corrected chi connectivity index (χ3v) is 3.97. The van der Waals surface area contributed by atoms with Gasteiger partial charge in [-0.25, -0.2) is 0 Å². The Hall–Kier alpha value is -3.94. The molecule has 1 unspecified atom stereocenters. The molecule has 0 saturated carbocycles. The van der Waals surface area contributed by atoms with E-state index in [0.29, 0.717) is 18.0 Å². The van der Waals surface area contributed by atoms with E-state index in [1.165, 1.54) is 25.3 Å². The van der Waals surface area contributed by atoms with Gasteiger partial charge in [0.2, 0.25) is 5.75 Å². The molecule has 0 fully saturated rings. The third kappa shape index (κ3) is 5.52. The number of rotatable bonds is 8. The number of carbonyl (C=O) groups is 1. The predicted molar refractivity (Wildman–Crippen MR) is 107 cm³/mol. The minimum atomic E-state index is -0.952. The number of benzene rings is 2. The predicted octanol–water partition coefficient (Wildman–Crippen LogP) is 3.97. The molecule has 8 nitrogen and oxygen atoms in total. The average Bonchev–Trinajstić information content (AvgIpc) is 2.74. The van der Waals surface area contributed by atoms with Gasteiger partial charge in [0.05, 0.1) is 0 Å². The van der Waals surface area contributed by atoms with Gasteiger partial charge in [-0.1, -0.05) is 30.3 Å². The van der Waals surface area contributed by atoms with E-state index >= 15 is 0 Å². The summed E-state index contributed by atoms with van der Waals surface area (Å²) in [5.41, 5.74) is 1.61. The molecular weight excluding hydrogens is 374 g/mol. The maximum atomic E-state index is 12.3. The van der Waals surface area contributed by atoms with Gasteiger partial charge in [0, 0.05) is 5.69 Å². The first-order chi connectivity index (χ1) is 14.0. The van der Waals surface area contributed by atoms with Crippen LogP contribution in [0.1, 0.15) is 12.5 Å². The number of amides is 1. The van der Waals surface area contributed by atoms with Crippen molar-refractivity contribution in [3.05, 3.63) is 88.6 Å². The summed E-state index contributed by atoms with van der Waals surface area (Å²) >= 11 is 0. The van der Waals surface area contributed by atoms with Crippen LogP contribution in [-0.4, -0.2) is 21.9 Å².